The summed E-state index contributed by atoms with van der Waals surface area (Å²) in [6, 6.07) is 0. The summed E-state index contributed by atoms with van der Waals surface area (Å²) in [7, 11) is 0. The Balaban J connectivity index is 1.93. The second-order valence-electron chi connectivity index (χ2n) is 6.22. The van der Waals surface area contributed by atoms with E-state index in [1.165, 1.54) is 12.8 Å². The predicted octanol–water partition coefficient (Wildman–Crippen LogP) is 3.86. The summed E-state index contributed by atoms with van der Waals surface area (Å²) in [5, 5.41) is 0. The Morgan fingerprint density at radius 3 is 1.69 bits per heavy atom. The third-order valence-electron chi connectivity index (χ3n) is 5.61. The van der Waals surface area contributed by atoms with Gasteiger partial charge in [-0.3, -0.25) is 0 Å². The number of hydrogen-bond acceptors (Lipinski definition) is 0. The van der Waals surface area contributed by atoms with Crippen LogP contribution in [-0.2, 0) is 0 Å². The maximum Gasteiger partial charge on any atom is -0.0292 e. The minimum Gasteiger partial charge on any atom is -0.0594 e. The molecule has 0 heteroatoms. The molecule has 0 aromatic heterocycles. The summed E-state index contributed by atoms with van der Waals surface area (Å²) in [6.07, 6.45) is 9.29. The molecule has 0 saturated heterocycles. The van der Waals surface area contributed by atoms with Crippen molar-refractivity contribution in [2.75, 3.05) is 0 Å². The van der Waals surface area contributed by atoms with Crippen LogP contribution in [0.15, 0.2) is 0 Å². The summed E-state index contributed by atoms with van der Waals surface area (Å²) in [5.41, 5.74) is 0.708. The molecule has 0 amide bonds. The summed E-state index contributed by atoms with van der Waals surface area (Å²) in [6.45, 7) is 5.10. The second-order valence-corrected chi connectivity index (χ2v) is 6.22. The van der Waals surface area contributed by atoms with Crippen LogP contribution in [-0.4, -0.2) is 0 Å². The van der Waals surface area contributed by atoms with E-state index in [2.05, 4.69) is 13.8 Å². The Labute approximate surface area is 82.1 Å². The number of fused-ring (bicyclic) bond motifs is 5. The molecule has 0 spiro atoms. The van der Waals surface area contributed by atoms with Crippen molar-refractivity contribution in [1.29, 1.82) is 0 Å². The average molecular weight is 178 g/mol. The Hall–Kier alpha value is 0. The molecule has 0 aromatic carbocycles. The van der Waals surface area contributed by atoms with E-state index in [1.54, 1.807) is 25.7 Å². The molecular weight excluding hydrogens is 156 g/mol. The zero-order valence-corrected chi connectivity index (χ0v) is 9.05. The monoisotopic (exact) mass is 178 g/mol. The van der Waals surface area contributed by atoms with E-state index in [9.17, 15) is 0 Å². The van der Waals surface area contributed by atoms with Crippen molar-refractivity contribution in [3.05, 3.63) is 0 Å². The largest absolute Gasteiger partial charge is 0.0594 e. The maximum atomic E-state index is 2.55. The first-order valence-corrected chi connectivity index (χ1v) is 6.21. The summed E-state index contributed by atoms with van der Waals surface area (Å²) in [5.74, 6) is 4.48. The van der Waals surface area contributed by atoms with Crippen molar-refractivity contribution < 1.29 is 0 Å². The third-order valence-corrected chi connectivity index (χ3v) is 5.61. The molecule has 3 saturated carbocycles. The zero-order chi connectivity index (χ0) is 9.05. The van der Waals surface area contributed by atoms with Gasteiger partial charge in [0.15, 0.2) is 0 Å². The van der Waals surface area contributed by atoms with Gasteiger partial charge in [-0.05, 0) is 54.8 Å². The lowest BCUT2D eigenvalue weighted by atomic mass is 9.71. The van der Waals surface area contributed by atoms with Gasteiger partial charge in [0.05, 0.1) is 0 Å². The van der Waals surface area contributed by atoms with Crippen molar-refractivity contribution in [2.45, 2.75) is 52.4 Å². The first kappa shape index (κ1) is 8.32. The van der Waals surface area contributed by atoms with E-state index in [1.807, 2.05) is 0 Å². The van der Waals surface area contributed by atoms with E-state index in [-0.39, 0.29) is 0 Å². The summed E-state index contributed by atoms with van der Waals surface area (Å²) in [4.78, 5) is 0. The molecule has 0 nitrogen and oxygen atoms in total. The van der Waals surface area contributed by atoms with Gasteiger partial charge in [-0.25, -0.2) is 0 Å². The molecule has 4 atom stereocenters. The molecular formula is C13H22. The van der Waals surface area contributed by atoms with Gasteiger partial charge >= 0.3 is 0 Å². The smallest absolute Gasteiger partial charge is 0.0292 e. The Kier molecular flexibility index (Phi) is 1.61. The first-order valence-electron chi connectivity index (χ1n) is 6.21. The highest BCUT2D eigenvalue weighted by Crippen LogP contribution is 2.66. The lowest BCUT2D eigenvalue weighted by Crippen LogP contribution is -2.25. The van der Waals surface area contributed by atoms with E-state index >= 15 is 0 Å². The van der Waals surface area contributed by atoms with E-state index < -0.39 is 0 Å². The van der Waals surface area contributed by atoms with Crippen LogP contribution < -0.4 is 0 Å². The van der Waals surface area contributed by atoms with Crippen LogP contribution in [0.4, 0.5) is 0 Å². The lowest BCUT2D eigenvalue weighted by Gasteiger charge is -2.34. The van der Waals surface area contributed by atoms with Crippen molar-refractivity contribution in [2.24, 2.45) is 29.1 Å². The molecule has 2 bridgehead atoms. The fourth-order valence-corrected chi connectivity index (χ4v) is 5.10. The normalized spacial score (nSPS) is 52.2. The summed E-state index contributed by atoms with van der Waals surface area (Å²) >= 11 is 0. The standard InChI is InChI=1S/C13H22/c1-13(2)11-7-8-12(13)10-6-4-3-5-9(10)11/h9-12H,3-8H2,1-2H3. The quantitative estimate of drug-likeness (QED) is 0.528. The van der Waals surface area contributed by atoms with Gasteiger partial charge in [-0.2, -0.15) is 0 Å². The number of rotatable bonds is 0. The Morgan fingerprint density at radius 1 is 0.769 bits per heavy atom. The van der Waals surface area contributed by atoms with Crippen LogP contribution in [0.3, 0.4) is 0 Å². The van der Waals surface area contributed by atoms with Crippen molar-refractivity contribution in [3.63, 3.8) is 0 Å². The minimum absolute atomic E-state index is 0.708. The molecule has 3 fully saturated rings. The van der Waals surface area contributed by atoms with E-state index in [4.69, 9.17) is 0 Å². The Morgan fingerprint density at radius 2 is 1.23 bits per heavy atom. The fourth-order valence-electron chi connectivity index (χ4n) is 5.10. The van der Waals surface area contributed by atoms with Crippen molar-refractivity contribution >= 4 is 0 Å². The highest BCUT2D eigenvalue weighted by atomic mass is 14.6. The lowest BCUT2D eigenvalue weighted by molar-refractivity contribution is 0.158. The molecule has 0 aromatic rings. The van der Waals surface area contributed by atoms with Crippen molar-refractivity contribution in [3.8, 4) is 0 Å². The maximum absolute atomic E-state index is 2.55. The van der Waals surface area contributed by atoms with Gasteiger partial charge in [0.25, 0.3) is 0 Å². The molecule has 0 radical (unpaired) electrons. The van der Waals surface area contributed by atoms with Gasteiger partial charge in [0, 0.05) is 0 Å². The predicted molar refractivity (Wildman–Crippen MR) is 55.4 cm³/mol. The van der Waals surface area contributed by atoms with Crippen LogP contribution in [0.2, 0.25) is 0 Å². The molecule has 3 aliphatic carbocycles. The molecule has 3 rings (SSSR count). The van der Waals surface area contributed by atoms with Gasteiger partial charge in [-0.15, -0.1) is 0 Å². The van der Waals surface area contributed by atoms with E-state index in [0.29, 0.717) is 5.41 Å². The molecule has 13 heavy (non-hydrogen) atoms. The minimum atomic E-state index is 0.708. The second kappa shape index (κ2) is 2.52. The van der Waals surface area contributed by atoms with Gasteiger partial charge in [0.2, 0.25) is 0 Å². The highest BCUT2D eigenvalue weighted by Gasteiger charge is 2.58. The van der Waals surface area contributed by atoms with Crippen LogP contribution in [0.1, 0.15) is 52.4 Å². The zero-order valence-electron chi connectivity index (χ0n) is 9.05. The van der Waals surface area contributed by atoms with Crippen LogP contribution >= 0.6 is 0 Å². The molecule has 74 valence electrons. The topological polar surface area (TPSA) is 0 Å². The van der Waals surface area contributed by atoms with Gasteiger partial charge in [-0.1, -0.05) is 26.7 Å². The first-order chi connectivity index (χ1) is 6.21. The molecule has 4 unspecified atom stereocenters. The van der Waals surface area contributed by atoms with Crippen molar-refractivity contribution in [1.82, 2.24) is 0 Å². The fraction of sp³-hybridized carbons (Fsp3) is 1.00. The third kappa shape index (κ3) is 0.926. The Bertz CT molecular complexity index is 194. The van der Waals surface area contributed by atoms with Crippen LogP contribution in [0, 0.1) is 29.1 Å². The van der Waals surface area contributed by atoms with E-state index in [0.717, 1.165) is 23.7 Å². The summed E-state index contributed by atoms with van der Waals surface area (Å²) < 4.78 is 0. The van der Waals surface area contributed by atoms with Crippen LogP contribution in [0.5, 0.6) is 0 Å². The average Bonchev–Trinajstić information content (AvgIpc) is 2.54. The molecule has 0 heterocycles. The van der Waals surface area contributed by atoms with Crippen LogP contribution in [0.25, 0.3) is 0 Å². The molecule has 0 aliphatic heterocycles. The van der Waals surface area contributed by atoms with Gasteiger partial charge < -0.3 is 0 Å². The van der Waals surface area contributed by atoms with Gasteiger partial charge in [0.1, 0.15) is 0 Å². The number of hydrogen-bond donors (Lipinski definition) is 0. The molecule has 3 aliphatic rings. The highest BCUT2D eigenvalue weighted by molar-refractivity contribution is 5.07. The molecule has 0 N–H and O–H groups in total. The SMILES string of the molecule is CC1(C)C2CCC1C1CCCCC12.